The van der Waals surface area contributed by atoms with Crippen molar-refractivity contribution in [3.8, 4) is 0 Å². The van der Waals surface area contributed by atoms with Gasteiger partial charge in [0.05, 0.1) is 16.9 Å². The summed E-state index contributed by atoms with van der Waals surface area (Å²) in [7, 11) is 0. The monoisotopic (exact) mass is 281 g/mol. The Kier molecular flexibility index (Phi) is 4.22. The molecule has 0 amide bonds. The molecule has 0 aliphatic rings. The number of nitrogens with one attached hydrogen (secondary N) is 1. The minimum absolute atomic E-state index is 0.197. The zero-order valence-corrected chi connectivity index (χ0v) is 11.2. The Morgan fingerprint density at radius 2 is 2.33 bits per heavy atom. The molecule has 0 unspecified atom stereocenters. The van der Waals surface area contributed by atoms with Gasteiger partial charge in [0, 0.05) is 23.9 Å². The average Bonchev–Trinajstić information content (AvgIpc) is 2.84. The SMILES string of the molecule is NC(=S)c1ccc(NCCc2cscn2)c(F)c1. The summed E-state index contributed by atoms with van der Waals surface area (Å²) < 4.78 is 13.7. The van der Waals surface area contributed by atoms with E-state index in [1.807, 2.05) is 5.38 Å². The second kappa shape index (κ2) is 5.88. The molecule has 0 aliphatic carbocycles. The first-order valence-electron chi connectivity index (χ1n) is 5.37. The van der Waals surface area contributed by atoms with Crippen LogP contribution in [0.1, 0.15) is 11.3 Å². The molecule has 1 aromatic heterocycles. The smallest absolute Gasteiger partial charge is 0.146 e. The Labute approximate surface area is 114 Å². The van der Waals surface area contributed by atoms with Crippen LogP contribution in [-0.4, -0.2) is 16.5 Å². The predicted molar refractivity (Wildman–Crippen MR) is 76.6 cm³/mol. The van der Waals surface area contributed by atoms with Crippen LogP contribution in [0.25, 0.3) is 0 Å². The van der Waals surface area contributed by atoms with Crippen molar-refractivity contribution in [2.24, 2.45) is 5.73 Å². The molecule has 0 saturated carbocycles. The third kappa shape index (κ3) is 3.24. The number of anilines is 1. The van der Waals surface area contributed by atoms with Crippen LogP contribution >= 0.6 is 23.6 Å². The van der Waals surface area contributed by atoms with Crippen LogP contribution in [0.2, 0.25) is 0 Å². The van der Waals surface area contributed by atoms with E-state index in [0.29, 0.717) is 17.8 Å². The molecule has 0 atom stereocenters. The van der Waals surface area contributed by atoms with E-state index in [1.165, 1.54) is 6.07 Å². The lowest BCUT2D eigenvalue weighted by molar-refractivity contribution is 0.629. The Balaban J connectivity index is 1.95. The fourth-order valence-corrected chi connectivity index (χ4v) is 2.22. The topological polar surface area (TPSA) is 50.9 Å². The fraction of sp³-hybridized carbons (Fsp3) is 0.167. The molecule has 94 valence electrons. The molecule has 6 heteroatoms. The molecule has 1 heterocycles. The molecule has 1 aromatic carbocycles. The van der Waals surface area contributed by atoms with E-state index < -0.39 is 0 Å². The number of thiocarbonyl (C=S) groups is 1. The van der Waals surface area contributed by atoms with Crippen LogP contribution in [0.3, 0.4) is 0 Å². The van der Waals surface area contributed by atoms with E-state index in [9.17, 15) is 4.39 Å². The summed E-state index contributed by atoms with van der Waals surface area (Å²) >= 11 is 6.34. The molecule has 0 aliphatic heterocycles. The van der Waals surface area contributed by atoms with Crippen LogP contribution < -0.4 is 11.1 Å². The zero-order chi connectivity index (χ0) is 13.0. The van der Waals surface area contributed by atoms with E-state index in [-0.39, 0.29) is 10.8 Å². The van der Waals surface area contributed by atoms with Crippen molar-refractivity contribution in [2.75, 3.05) is 11.9 Å². The fourth-order valence-electron chi connectivity index (χ4n) is 1.50. The van der Waals surface area contributed by atoms with Gasteiger partial charge in [-0.3, -0.25) is 0 Å². The van der Waals surface area contributed by atoms with Crippen LogP contribution in [0.5, 0.6) is 0 Å². The minimum Gasteiger partial charge on any atom is -0.389 e. The zero-order valence-electron chi connectivity index (χ0n) is 9.52. The number of nitrogens with zero attached hydrogens (tertiary/aromatic N) is 1. The van der Waals surface area contributed by atoms with Crippen LogP contribution in [0.15, 0.2) is 29.1 Å². The van der Waals surface area contributed by atoms with Gasteiger partial charge in [0.1, 0.15) is 10.8 Å². The second-order valence-corrected chi connectivity index (χ2v) is 4.87. The molecule has 2 aromatic rings. The second-order valence-electron chi connectivity index (χ2n) is 3.72. The maximum atomic E-state index is 13.7. The van der Waals surface area contributed by atoms with Gasteiger partial charge in [-0.25, -0.2) is 9.37 Å². The molecule has 0 bridgehead atoms. The van der Waals surface area contributed by atoms with Gasteiger partial charge < -0.3 is 11.1 Å². The standard InChI is InChI=1S/C12H12FN3S2/c13-10-5-8(12(14)17)1-2-11(10)15-4-3-9-6-18-7-16-9/h1-2,5-7,15H,3-4H2,(H2,14,17). The first-order chi connectivity index (χ1) is 8.66. The lowest BCUT2D eigenvalue weighted by Gasteiger charge is -2.08. The summed E-state index contributed by atoms with van der Waals surface area (Å²) in [5.41, 5.74) is 9.21. The molecule has 3 nitrogen and oxygen atoms in total. The van der Waals surface area contributed by atoms with Crippen molar-refractivity contribution in [1.29, 1.82) is 0 Å². The summed E-state index contributed by atoms with van der Waals surface area (Å²) in [6.07, 6.45) is 0.764. The summed E-state index contributed by atoms with van der Waals surface area (Å²) in [6.45, 7) is 0.632. The van der Waals surface area contributed by atoms with E-state index >= 15 is 0 Å². The first-order valence-corrected chi connectivity index (χ1v) is 6.72. The number of aromatic nitrogens is 1. The molecule has 18 heavy (non-hydrogen) atoms. The summed E-state index contributed by atoms with van der Waals surface area (Å²) in [5.74, 6) is -0.349. The highest BCUT2D eigenvalue weighted by atomic mass is 32.1. The third-order valence-corrected chi connectivity index (χ3v) is 3.30. The molecule has 0 spiro atoms. The van der Waals surface area contributed by atoms with Crippen LogP contribution in [0.4, 0.5) is 10.1 Å². The van der Waals surface area contributed by atoms with Crippen molar-refractivity contribution in [2.45, 2.75) is 6.42 Å². The van der Waals surface area contributed by atoms with Crippen LogP contribution in [-0.2, 0) is 6.42 Å². The number of halogens is 1. The number of rotatable bonds is 5. The number of hydrogen-bond donors (Lipinski definition) is 2. The van der Waals surface area contributed by atoms with E-state index in [2.05, 4.69) is 10.3 Å². The van der Waals surface area contributed by atoms with Gasteiger partial charge in [0.15, 0.2) is 0 Å². The molecular weight excluding hydrogens is 269 g/mol. The summed E-state index contributed by atoms with van der Waals surface area (Å²) in [4.78, 5) is 4.36. The maximum absolute atomic E-state index is 13.7. The molecular formula is C12H12FN3S2. The molecule has 0 radical (unpaired) electrons. The summed E-state index contributed by atoms with van der Waals surface area (Å²) in [6, 6.07) is 4.69. The van der Waals surface area contributed by atoms with E-state index in [1.54, 1.807) is 29.0 Å². The Morgan fingerprint density at radius 3 is 2.94 bits per heavy atom. The van der Waals surface area contributed by atoms with Gasteiger partial charge in [-0.2, -0.15) is 0 Å². The van der Waals surface area contributed by atoms with Gasteiger partial charge >= 0.3 is 0 Å². The van der Waals surface area contributed by atoms with Crippen molar-refractivity contribution in [3.05, 3.63) is 46.2 Å². The van der Waals surface area contributed by atoms with Gasteiger partial charge in [-0.1, -0.05) is 12.2 Å². The lowest BCUT2D eigenvalue weighted by Crippen LogP contribution is -2.11. The van der Waals surface area contributed by atoms with Crippen molar-refractivity contribution in [3.63, 3.8) is 0 Å². The van der Waals surface area contributed by atoms with Gasteiger partial charge in [-0.15, -0.1) is 11.3 Å². The van der Waals surface area contributed by atoms with Gasteiger partial charge in [0.25, 0.3) is 0 Å². The molecule has 2 rings (SSSR count). The quantitative estimate of drug-likeness (QED) is 0.827. The highest BCUT2D eigenvalue weighted by molar-refractivity contribution is 7.80. The number of hydrogen-bond acceptors (Lipinski definition) is 4. The van der Waals surface area contributed by atoms with E-state index in [4.69, 9.17) is 18.0 Å². The number of benzene rings is 1. The Hall–Kier alpha value is -1.53. The minimum atomic E-state index is -0.349. The van der Waals surface area contributed by atoms with Gasteiger partial charge in [0.2, 0.25) is 0 Å². The maximum Gasteiger partial charge on any atom is 0.146 e. The Bertz CT molecular complexity index is 540. The first kappa shape index (κ1) is 12.9. The number of nitrogens with two attached hydrogens (primary N) is 1. The van der Waals surface area contributed by atoms with Crippen molar-refractivity contribution in [1.82, 2.24) is 4.98 Å². The normalized spacial score (nSPS) is 10.3. The highest BCUT2D eigenvalue weighted by Gasteiger charge is 2.05. The molecule has 0 fully saturated rings. The third-order valence-electron chi connectivity index (χ3n) is 2.43. The predicted octanol–water partition coefficient (Wildman–Crippen LogP) is 2.57. The van der Waals surface area contributed by atoms with Crippen molar-refractivity contribution < 1.29 is 4.39 Å². The Morgan fingerprint density at radius 1 is 1.50 bits per heavy atom. The van der Waals surface area contributed by atoms with E-state index in [0.717, 1.165) is 12.1 Å². The number of thiazole rings is 1. The van der Waals surface area contributed by atoms with Crippen LogP contribution in [0, 0.1) is 5.82 Å². The largest absolute Gasteiger partial charge is 0.389 e. The summed E-state index contributed by atoms with van der Waals surface area (Å²) in [5, 5.41) is 5.00. The molecule has 3 N–H and O–H groups in total. The highest BCUT2D eigenvalue weighted by Crippen LogP contribution is 2.16. The average molecular weight is 281 g/mol. The van der Waals surface area contributed by atoms with Crippen molar-refractivity contribution >= 4 is 34.2 Å². The lowest BCUT2D eigenvalue weighted by atomic mass is 10.2. The van der Waals surface area contributed by atoms with Gasteiger partial charge in [-0.05, 0) is 18.2 Å². The molecule has 0 saturated heterocycles.